The fraction of sp³-hybridized carbons (Fsp3) is 0.0714. The van der Waals surface area contributed by atoms with Gasteiger partial charge in [0.15, 0.2) is 4.34 Å². The SMILES string of the molecule is O=C(Nc1nnc(SCc2ccccc2)s1)c1cc(Br)c[nH]1. The van der Waals surface area contributed by atoms with E-state index in [-0.39, 0.29) is 5.91 Å². The Morgan fingerprint density at radius 3 is 2.86 bits per heavy atom. The van der Waals surface area contributed by atoms with Crippen LogP contribution in [0.1, 0.15) is 16.1 Å². The molecule has 0 unspecified atom stereocenters. The van der Waals surface area contributed by atoms with Crippen LogP contribution in [0, 0.1) is 0 Å². The second-order valence-corrected chi connectivity index (χ2v) is 7.45. The molecule has 0 bridgehead atoms. The maximum Gasteiger partial charge on any atom is 0.273 e. The van der Waals surface area contributed by atoms with Gasteiger partial charge in [-0.25, -0.2) is 0 Å². The first-order chi connectivity index (χ1) is 10.7. The molecule has 0 fully saturated rings. The molecule has 3 aromatic rings. The van der Waals surface area contributed by atoms with E-state index in [1.54, 1.807) is 24.0 Å². The molecule has 2 N–H and O–H groups in total. The van der Waals surface area contributed by atoms with Crippen molar-refractivity contribution >= 4 is 50.1 Å². The van der Waals surface area contributed by atoms with Gasteiger partial charge in [0.1, 0.15) is 5.69 Å². The van der Waals surface area contributed by atoms with Crippen molar-refractivity contribution in [2.24, 2.45) is 0 Å². The number of thioether (sulfide) groups is 1. The molecule has 0 aliphatic heterocycles. The summed E-state index contributed by atoms with van der Waals surface area (Å²) >= 11 is 6.26. The molecule has 0 atom stereocenters. The number of hydrogen-bond donors (Lipinski definition) is 2. The smallest absolute Gasteiger partial charge is 0.273 e. The molecule has 2 aromatic heterocycles. The fourth-order valence-corrected chi connectivity index (χ4v) is 3.75. The quantitative estimate of drug-likeness (QED) is 0.503. The Bertz CT molecular complexity index is 772. The fourth-order valence-electron chi connectivity index (χ4n) is 1.70. The second kappa shape index (κ2) is 7.08. The van der Waals surface area contributed by atoms with E-state index < -0.39 is 0 Å². The summed E-state index contributed by atoms with van der Waals surface area (Å²) in [7, 11) is 0. The minimum absolute atomic E-state index is 0.235. The molecule has 5 nitrogen and oxygen atoms in total. The van der Waals surface area contributed by atoms with Crippen LogP contribution in [-0.4, -0.2) is 21.1 Å². The number of amides is 1. The first-order valence-electron chi connectivity index (χ1n) is 6.36. The molecule has 0 aliphatic rings. The standard InChI is InChI=1S/C14H11BrN4OS2/c15-10-6-11(16-7-10)12(20)17-13-18-19-14(22-13)21-8-9-4-2-1-3-5-9/h1-7,16H,8H2,(H,17,18,20). The van der Waals surface area contributed by atoms with Crippen molar-refractivity contribution in [3.8, 4) is 0 Å². The number of aromatic nitrogens is 3. The van der Waals surface area contributed by atoms with Gasteiger partial charge in [-0.2, -0.15) is 0 Å². The number of rotatable bonds is 5. The number of nitrogens with zero attached hydrogens (tertiary/aromatic N) is 2. The second-order valence-electron chi connectivity index (χ2n) is 4.33. The van der Waals surface area contributed by atoms with Gasteiger partial charge in [0.25, 0.3) is 5.91 Å². The van der Waals surface area contributed by atoms with E-state index in [2.05, 4.69) is 48.6 Å². The molecule has 0 radical (unpaired) electrons. The summed E-state index contributed by atoms with van der Waals surface area (Å²) in [6.07, 6.45) is 1.70. The van der Waals surface area contributed by atoms with Gasteiger partial charge in [-0.3, -0.25) is 10.1 Å². The van der Waals surface area contributed by atoms with E-state index in [0.717, 1.165) is 14.6 Å². The zero-order chi connectivity index (χ0) is 15.4. The average molecular weight is 395 g/mol. The van der Waals surface area contributed by atoms with Gasteiger partial charge in [0.2, 0.25) is 5.13 Å². The molecule has 1 amide bonds. The summed E-state index contributed by atoms with van der Waals surface area (Å²) in [5.41, 5.74) is 1.70. The lowest BCUT2D eigenvalue weighted by Gasteiger charge is -1.97. The highest BCUT2D eigenvalue weighted by molar-refractivity contribution is 9.10. The Labute approximate surface area is 143 Å². The third kappa shape index (κ3) is 3.96. The molecule has 2 heterocycles. The Hall–Kier alpha value is -1.64. The number of H-pyrrole nitrogens is 1. The first kappa shape index (κ1) is 15.3. The van der Waals surface area contributed by atoms with Crippen LogP contribution in [0.5, 0.6) is 0 Å². The number of aromatic amines is 1. The number of benzene rings is 1. The zero-order valence-corrected chi connectivity index (χ0v) is 14.5. The number of carbonyl (C=O) groups is 1. The van der Waals surface area contributed by atoms with E-state index in [0.29, 0.717) is 10.8 Å². The number of carbonyl (C=O) groups excluding carboxylic acids is 1. The molecule has 0 spiro atoms. The third-order valence-corrected chi connectivity index (χ3v) is 5.23. The van der Waals surface area contributed by atoms with Crippen molar-refractivity contribution in [1.29, 1.82) is 0 Å². The Balaban J connectivity index is 1.58. The van der Waals surface area contributed by atoms with E-state index in [4.69, 9.17) is 0 Å². The molecule has 0 saturated carbocycles. The molecule has 0 saturated heterocycles. The number of anilines is 1. The van der Waals surface area contributed by atoms with E-state index >= 15 is 0 Å². The molecule has 3 rings (SSSR count). The van der Waals surface area contributed by atoms with Gasteiger partial charge in [-0.05, 0) is 27.6 Å². The van der Waals surface area contributed by atoms with Crippen LogP contribution < -0.4 is 5.32 Å². The molecular formula is C14H11BrN4OS2. The van der Waals surface area contributed by atoms with Gasteiger partial charge in [-0.1, -0.05) is 53.4 Å². The van der Waals surface area contributed by atoms with Crippen molar-refractivity contribution in [2.75, 3.05) is 5.32 Å². The summed E-state index contributed by atoms with van der Waals surface area (Å²) in [4.78, 5) is 14.9. The molecule has 22 heavy (non-hydrogen) atoms. The van der Waals surface area contributed by atoms with E-state index in [1.165, 1.54) is 16.9 Å². The highest BCUT2D eigenvalue weighted by Crippen LogP contribution is 2.28. The molecule has 1 aromatic carbocycles. The Morgan fingerprint density at radius 2 is 2.14 bits per heavy atom. The highest BCUT2D eigenvalue weighted by Gasteiger charge is 2.12. The highest BCUT2D eigenvalue weighted by atomic mass is 79.9. The van der Waals surface area contributed by atoms with Gasteiger partial charge in [0, 0.05) is 16.4 Å². The van der Waals surface area contributed by atoms with Gasteiger partial charge < -0.3 is 4.98 Å². The lowest BCUT2D eigenvalue weighted by molar-refractivity contribution is 0.102. The van der Waals surface area contributed by atoms with Crippen molar-refractivity contribution in [3.63, 3.8) is 0 Å². The Morgan fingerprint density at radius 1 is 1.32 bits per heavy atom. The predicted molar refractivity (Wildman–Crippen MR) is 92.4 cm³/mol. The van der Waals surface area contributed by atoms with Crippen LogP contribution in [0.3, 0.4) is 0 Å². The molecule has 112 valence electrons. The maximum absolute atomic E-state index is 12.0. The zero-order valence-electron chi connectivity index (χ0n) is 11.2. The molecule has 8 heteroatoms. The van der Waals surface area contributed by atoms with Gasteiger partial charge in [-0.15, -0.1) is 10.2 Å². The molecular weight excluding hydrogens is 384 g/mol. The normalized spacial score (nSPS) is 10.6. The van der Waals surface area contributed by atoms with Crippen molar-refractivity contribution in [2.45, 2.75) is 10.1 Å². The van der Waals surface area contributed by atoms with Crippen LogP contribution in [0.25, 0.3) is 0 Å². The summed E-state index contributed by atoms with van der Waals surface area (Å²) in [6.45, 7) is 0. The summed E-state index contributed by atoms with van der Waals surface area (Å²) in [5.74, 6) is 0.592. The van der Waals surface area contributed by atoms with Crippen LogP contribution in [0.2, 0.25) is 0 Å². The number of halogens is 1. The Kier molecular flexibility index (Phi) is 4.91. The maximum atomic E-state index is 12.0. The van der Waals surface area contributed by atoms with Crippen LogP contribution in [-0.2, 0) is 5.75 Å². The van der Waals surface area contributed by atoms with Gasteiger partial charge in [0.05, 0.1) is 0 Å². The topological polar surface area (TPSA) is 70.7 Å². The van der Waals surface area contributed by atoms with Crippen LogP contribution in [0.15, 0.2) is 51.4 Å². The number of nitrogens with one attached hydrogen (secondary N) is 2. The minimum atomic E-state index is -0.235. The van der Waals surface area contributed by atoms with Crippen LogP contribution >= 0.6 is 39.0 Å². The number of hydrogen-bond acceptors (Lipinski definition) is 5. The summed E-state index contributed by atoms with van der Waals surface area (Å²) in [5, 5.41) is 11.3. The van der Waals surface area contributed by atoms with E-state index in [1.807, 2.05) is 18.2 Å². The average Bonchev–Trinajstić information content (AvgIpc) is 3.15. The minimum Gasteiger partial charge on any atom is -0.356 e. The lowest BCUT2D eigenvalue weighted by atomic mass is 10.2. The van der Waals surface area contributed by atoms with Crippen molar-refractivity contribution < 1.29 is 4.79 Å². The molecule has 0 aliphatic carbocycles. The first-order valence-corrected chi connectivity index (χ1v) is 8.96. The van der Waals surface area contributed by atoms with Crippen molar-refractivity contribution in [1.82, 2.24) is 15.2 Å². The van der Waals surface area contributed by atoms with Crippen molar-refractivity contribution in [3.05, 3.63) is 58.3 Å². The van der Waals surface area contributed by atoms with E-state index in [9.17, 15) is 4.79 Å². The van der Waals surface area contributed by atoms with Crippen LogP contribution in [0.4, 0.5) is 5.13 Å². The third-order valence-electron chi connectivity index (χ3n) is 2.72. The largest absolute Gasteiger partial charge is 0.356 e. The predicted octanol–water partition coefficient (Wildman–Crippen LogP) is 4.17. The summed E-state index contributed by atoms with van der Waals surface area (Å²) in [6, 6.07) is 11.9. The summed E-state index contributed by atoms with van der Waals surface area (Å²) < 4.78 is 1.65. The van der Waals surface area contributed by atoms with Gasteiger partial charge >= 0.3 is 0 Å². The monoisotopic (exact) mass is 394 g/mol. The lowest BCUT2D eigenvalue weighted by Crippen LogP contribution is -2.11.